The smallest absolute Gasteiger partial charge is 0.289 e. The molecule has 4 aromatic carbocycles. The Morgan fingerprint density at radius 3 is 2.22 bits per heavy atom. The number of halogens is 1. The number of nitrogens with zero attached hydrogens (tertiary/aromatic N) is 8. The highest BCUT2D eigenvalue weighted by Crippen LogP contribution is 2.41. The maximum Gasteiger partial charge on any atom is 0.289 e. The molecule has 4 N–H and O–H groups in total. The van der Waals surface area contributed by atoms with Crippen LogP contribution < -0.4 is 15.4 Å². The summed E-state index contributed by atoms with van der Waals surface area (Å²) < 4.78 is 9.75. The van der Waals surface area contributed by atoms with Gasteiger partial charge in [0, 0.05) is 59.0 Å². The van der Waals surface area contributed by atoms with Gasteiger partial charge in [-0.15, -0.1) is 31.7 Å². The van der Waals surface area contributed by atoms with Crippen molar-refractivity contribution in [3.05, 3.63) is 146 Å². The molecule has 15 nitrogen and oxygen atoms in total. The molecule has 0 spiro atoms. The lowest BCUT2D eigenvalue weighted by Crippen LogP contribution is -2.27. The Labute approximate surface area is 410 Å². The topological polar surface area (TPSA) is 185 Å². The average molecular weight is 970 g/mol. The van der Waals surface area contributed by atoms with Crippen molar-refractivity contribution < 1.29 is 24.5 Å². The molecule has 0 saturated carbocycles. The largest absolute Gasteiger partial charge is 0.508 e. The van der Waals surface area contributed by atoms with Crippen LogP contribution in [0.5, 0.6) is 17.2 Å². The van der Waals surface area contributed by atoms with Gasteiger partial charge in [0.05, 0.1) is 24.3 Å². The van der Waals surface area contributed by atoms with Crippen LogP contribution >= 0.6 is 22.9 Å². The SMILES string of the molecule is CCNC(=O)c1nnc(-c2cc(C(C)C)c(O)cc2O)n1-c1ccc(CN(CC)Cc2ccc(OCCCNC(=O)C[C@@H]3N=C(c4ccc(Cl)cc4)c4c(sc(C)c4C)-n4c(C)nnc43)cc2)cc1. The number of hydrogen-bond donors (Lipinski definition) is 4. The van der Waals surface area contributed by atoms with Crippen LogP contribution in [0.15, 0.2) is 89.9 Å². The molecule has 1 atom stereocenters. The predicted octanol–water partition coefficient (Wildman–Crippen LogP) is 9.33. The van der Waals surface area contributed by atoms with Crippen molar-refractivity contribution >= 4 is 40.5 Å². The predicted molar refractivity (Wildman–Crippen MR) is 269 cm³/mol. The first-order valence-corrected chi connectivity index (χ1v) is 24.4. The second-order valence-electron chi connectivity index (χ2n) is 17.4. The molecule has 1 aliphatic rings. The van der Waals surface area contributed by atoms with Gasteiger partial charge in [0.25, 0.3) is 5.91 Å². The minimum atomic E-state index is -0.544. The van der Waals surface area contributed by atoms with Gasteiger partial charge in [-0.2, -0.15) is 0 Å². The lowest BCUT2D eigenvalue weighted by atomic mass is 9.98. The molecule has 0 saturated heterocycles. The molecule has 3 aromatic heterocycles. The number of thiophene rings is 1. The van der Waals surface area contributed by atoms with Crippen LogP contribution in [0, 0.1) is 20.8 Å². The van der Waals surface area contributed by atoms with Crippen LogP contribution in [0.4, 0.5) is 0 Å². The van der Waals surface area contributed by atoms with E-state index in [4.69, 9.17) is 21.3 Å². The summed E-state index contributed by atoms with van der Waals surface area (Å²) in [6.07, 6.45) is 0.734. The second kappa shape index (κ2) is 21.2. The standard InChI is InChI=1S/C52H57ClN10O5S/c1-8-54-51(67)50-60-58-48(41-25-40(30(3)4)43(64)27-44(41)65)63(50)38-19-11-34(12-20-38)28-61(9-2)29-35-13-21-39(22-14-35)68-24-10-23-55-45(66)26-42-49-59-57-33(7)62(49)52-46(31(5)32(6)69-52)47(56-42)36-15-17-37(53)18-16-36/h11-22,25,27,30,42,64-65H,8-10,23-24,26,28-29H2,1-7H3,(H,54,67)(H,55,66)/t42-/m0/s1. The first-order chi connectivity index (χ1) is 33.2. The maximum absolute atomic E-state index is 13.5. The number of aromatic hydroxyl groups is 2. The van der Waals surface area contributed by atoms with Crippen molar-refractivity contribution in [1.29, 1.82) is 0 Å². The highest BCUT2D eigenvalue weighted by molar-refractivity contribution is 7.15. The average Bonchev–Trinajstić information content (AvgIpc) is 4.00. The van der Waals surface area contributed by atoms with E-state index >= 15 is 0 Å². The summed E-state index contributed by atoms with van der Waals surface area (Å²) in [5.41, 5.74) is 7.74. The second-order valence-corrected chi connectivity index (χ2v) is 19.0. The third-order valence-corrected chi connectivity index (χ3v) is 13.7. The van der Waals surface area contributed by atoms with Gasteiger partial charge in [-0.3, -0.25) is 28.6 Å². The van der Waals surface area contributed by atoms with Crippen LogP contribution in [0.25, 0.3) is 22.1 Å². The van der Waals surface area contributed by atoms with Crippen molar-refractivity contribution in [2.24, 2.45) is 4.99 Å². The van der Waals surface area contributed by atoms with E-state index in [-0.39, 0.29) is 41.4 Å². The summed E-state index contributed by atoms with van der Waals surface area (Å²) in [5.74, 6) is 1.77. The van der Waals surface area contributed by atoms with Gasteiger partial charge in [0.15, 0.2) is 11.6 Å². The summed E-state index contributed by atoms with van der Waals surface area (Å²) in [7, 11) is 0. The number of fused-ring (bicyclic) bond motifs is 3. The fourth-order valence-corrected chi connectivity index (χ4v) is 9.77. The molecule has 7 aromatic rings. The Morgan fingerprint density at radius 1 is 0.855 bits per heavy atom. The van der Waals surface area contributed by atoms with Crippen LogP contribution in [-0.4, -0.2) is 88.4 Å². The summed E-state index contributed by atoms with van der Waals surface area (Å²) in [5, 5.41) is 46.4. The van der Waals surface area contributed by atoms with E-state index in [1.54, 1.807) is 22.0 Å². The van der Waals surface area contributed by atoms with E-state index in [9.17, 15) is 19.8 Å². The molecule has 17 heteroatoms. The Kier molecular flexibility index (Phi) is 14.9. The molecule has 8 rings (SSSR count). The number of rotatable bonds is 18. The summed E-state index contributed by atoms with van der Waals surface area (Å²) >= 11 is 7.94. The Bertz CT molecular complexity index is 3000. The van der Waals surface area contributed by atoms with Gasteiger partial charge in [0.2, 0.25) is 11.7 Å². The number of aromatic nitrogens is 6. The molecule has 0 fully saturated rings. The number of phenolic OH excluding ortho intramolecular Hbond substituents is 2. The zero-order valence-electron chi connectivity index (χ0n) is 39.9. The number of ether oxygens (including phenoxy) is 1. The number of aliphatic imine (C=N–C) groups is 1. The number of amides is 2. The quantitative estimate of drug-likeness (QED) is 0.0605. The number of carbonyl (C=O) groups is 2. The van der Waals surface area contributed by atoms with Crippen molar-refractivity contribution in [3.63, 3.8) is 0 Å². The lowest BCUT2D eigenvalue weighted by molar-refractivity contribution is -0.121. The molecular formula is C52H57ClN10O5S. The van der Waals surface area contributed by atoms with Gasteiger partial charge >= 0.3 is 0 Å². The number of benzene rings is 4. The zero-order chi connectivity index (χ0) is 48.9. The lowest BCUT2D eigenvalue weighted by Gasteiger charge is -2.21. The van der Waals surface area contributed by atoms with Crippen molar-refractivity contribution in [1.82, 2.24) is 45.1 Å². The zero-order valence-corrected chi connectivity index (χ0v) is 41.4. The fourth-order valence-electron chi connectivity index (χ4n) is 8.43. The molecular weight excluding hydrogens is 912 g/mol. The van der Waals surface area contributed by atoms with Crippen LogP contribution in [0.2, 0.25) is 5.02 Å². The van der Waals surface area contributed by atoms with E-state index in [2.05, 4.69) is 68.8 Å². The molecule has 0 aliphatic carbocycles. The molecule has 4 heterocycles. The van der Waals surface area contributed by atoms with E-state index in [0.717, 1.165) is 63.2 Å². The van der Waals surface area contributed by atoms with E-state index in [1.807, 2.05) is 92.9 Å². The van der Waals surface area contributed by atoms with E-state index in [0.29, 0.717) is 60.3 Å². The summed E-state index contributed by atoms with van der Waals surface area (Å²) in [4.78, 5) is 35.3. The first kappa shape index (κ1) is 48.6. The van der Waals surface area contributed by atoms with Crippen LogP contribution in [0.3, 0.4) is 0 Å². The van der Waals surface area contributed by atoms with Gasteiger partial charge in [-0.05, 0) is 111 Å². The number of aryl methyl sites for hydroxylation is 2. The van der Waals surface area contributed by atoms with Crippen molar-refractivity contribution in [2.75, 3.05) is 26.2 Å². The Balaban J connectivity index is 0.855. The monoisotopic (exact) mass is 968 g/mol. The summed E-state index contributed by atoms with van der Waals surface area (Å²) in [6, 6.07) is 26.0. The molecule has 358 valence electrons. The van der Waals surface area contributed by atoms with Gasteiger partial charge in [0.1, 0.15) is 34.1 Å². The Hall–Kier alpha value is -6.88. The number of hydrogen-bond acceptors (Lipinski definition) is 12. The highest BCUT2D eigenvalue weighted by atomic mass is 35.5. The maximum atomic E-state index is 13.5. The van der Waals surface area contributed by atoms with E-state index in [1.165, 1.54) is 10.9 Å². The minimum absolute atomic E-state index is 0.0139. The number of phenols is 2. The minimum Gasteiger partial charge on any atom is -0.508 e. The van der Waals surface area contributed by atoms with E-state index < -0.39 is 11.9 Å². The number of nitrogens with one attached hydrogen (secondary N) is 2. The molecule has 0 unspecified atom stereocenters. The summed E-state index contributed by atoms with van der Waals surface area (Å²) in [6.45, 7) is 17.5. The van der Waals surface area contributed by atoms with Gasteiger partial charge in [-0.25, -0.2) is 0 Å². The molecule has 0 radical (unpaired) electrons. The highest BCUT2D eigenvalue weighted by Gasteiger charge is 2.32. The first-order valence-electron chi connectivity index (χ1n) is 23.2. The third-order valence-electron chi connectivity index (χ3n) is 12.2. The third kappa shape index (κ3) is 10.6. The van der Waals surface area contributed by atoms with Crippen LogP contribution in [0.1, 0.15) is 113 Å². The Morgan fingerprint density at radius 2 is 1.55 bits per heavy atom. The van der Waals surface area contributed by atoms with Gasteiger partial charge in [-0.1, -0.05) is 68.8 Å². The number of carbonyl (C=O) groups excluding carboxylic acids is 2. The van der Waals surface area contributed by atoms with Crippen LogP contribution in [-0.2, 0) is 17.9 Å². The van der Waals surface area contributed by atoms with Gasteiger partial charge < -0.3 is 25.6 Å². The molecule has 0 bridgehead atoms. The van der Waals surface area contributed by atoms with Crippen molar-refractivity contribution in [3.8, 4) is 39.3 Å². The fraction of sp³-hybridized carbons (Fsp3) is 0.327. The normalized spacial score (nSPS) is 13.2. The van der Waals surface area contributed by atoms with Crippen molar-refractivity contribution in [2.45, 2.75) is 86.4 Å². The molecule has 2 amide bonds. The molecule has 1 aliphatic heterocycles. The molecule has 69 heavy (non-hydrogen) atoms.